The van der Waals surface area contributed by atoms with Crippen LogP contribution in [0.15, 0.2) is 0 Å². The molecule has 0 aliphatic carbocycles. The van der Waals surface area contributed by atoms with Crippen LogP contribution in [0.3, 0.4) is 0 Å². The summed E-state index contributed by atoms with van der Waals surface area (Å²) >= 11 is 0. The maximum atomic E-state index is 13.0. The first-order valence-corrected chi connectivity index (χ1v) is 41.2. The van der Waals surface area contributed by atoms with Crippen molar-refractivity contribution < 1.29 is 80.2 Å². The fraction of sp³-hybridized carbons (Fsp3) is 0.946. The van der Waals surface area contributed by atoms with Crippen LogP contribution in [0, 0.1) is 23.7 Å². The van der Waals surface area contributed by atoms with Gasteiger partial charge in [0.2, 0.25) is 0 Å². The molecule has 552 valence electrons. The summed E-state index contributed by atoms with van der Waals surface area (Å²) in [6.45, 7) is 14.1. The molecule has 0 rings (SSSR count). The lowest BCUT2D eigenvalue weighted by atomic mass is 10.00. The SMILES string of the molecule is CCC(C)CCCCCCCCC(=O)OC[C@H](COP(=O)(O)OC[C@H](O)COP(=O)(O)OC[C@@H](COC(=O)CCCCCCCCC(C)C)OC(=O)CCCCCCCCCCCCCCC(C)C)OC(=O)CCCCCCCCCCCCCCCCCCC(C)C. The molecule has 6 atom stereocenters. The lowest BCUT2D eigenvalue weighted by Crippen LogP contribution is -2.30. The van der Waals surface area contributed by atoms with Crippen molar-refractivity contribution in [2.75, 3.05) is 39.6 Å². The van der Waals surface area contributed by atoms with E-state index in [1.54, 1.807) is 0 Å². The molecule has 93 heavy (non-hydrogen) atoms. The highest BCUT2D eigenvalue weighted by Crippen LogP contribution is 2.45. The summed E-state index contributed by atoms with van der Waals surface area (Å²) in [7, 11) is -9.91. The molecule has 0 spiro atoms. The molecule has 0 aromatic carbocycles. The minimum atomic E-state index is -4.96. The smallest absolute Gasteiger partial charge is 0.462 e. The van der Waals surface area contributed by atoms with Gasteiger partial charge in [0.05, 0.1) is 26.4 Å². The zero-order chi connectivity index (χ0) is 68.9. The van der Waals surface area contributed by atoms with Crippen molar-refractivity contribution in [3.63, 3.8) is 0 Å². The van der Waals surface area contributed by atoms with E-state index in [-0.39, 0.29) is 25.7 Å². The van der Waals surface area contributed by atoms with E-state index in [1.807, 2.05) is 0 Å². The summed E-state index contributed by atoms with van der Waals surface area (Å²) in [5.74, 6) is 0.869. The minimum Gasteiger partial charge on any atom is -0.462 e. The second-order valence-electron chi connectivity index (χ2n) is 28.4. The first-order valence-electron chi connectivity index (χ1n) is 38.2. The number of carbonyl (C=O) groups is 4. The lowest BCUT2D eigenvalue weighted by molar-refractivity contribution is -0.161. The summed E-state index contributed by atoms with van der Waals surface area (Å²) < 4.78 is 68.4. The van der Waals surface area contributed by atoms with Crippen LogP contribution in [0.1, 0.15) is 370 Å². The van der Waals surface area contributed by atoms with Crippen molar-refractivity contribution in [2.45, 2.75) is 388 Å². The maximum Gasteiger partial charge on any atom is 0.472 e. The molecule has 0 aromatic heterocycles. The average molecular weight is 1370 g/mol. The summed E-state index contributed by atoms with van der Waals surface area (Å²) in [4.78, 5) is 72.6. The van der Waals surface area contributed by atoms with E-state index < -0.39 is 97.5 Å². The van der Waals surface area contributed by atoms with Gasteiger partial charge in [0.25, 0.3) is 0 Å². The summed E-state index contributed by atoms with van der Waals surface area (Å²) in [5, 5.41) is 10.6. The fourth-order valence-corrected chi connectivity index (χ4v) is 12.7. The van der Waals surface area contributed by atoms with Gasteiger partial charge in [-0.2, -0.15) is 0 Å². The third kappa shape index (κ3) is 67.0. The molecule has 0 saturated carbocycles. The number of rotatable bonds is 71. The number of ether oxygens (including phenoxy) is 4. The van der Waals surface area contributed by atoms with Gasteiger partial charge in [-0.05, 0) is 49.4 Å². The number of unbranched alkanes of at least 4 members (excludes halogenated alkanes) is 36. The van der Waals surface area contributed by atoms with Crippen molar-refractivity contribution in [3.8, 4) is 0 Å². The summed E-state index contributed by atoms with van der Waals surface area (Å²) in [6, 6.07) is 0. The molecule has 3 N–H and O–H groups in total. The molecular weight excluding hydrogens is 1220 g/mol. The number of esters is 4. The highest BCUT2D eigenvalue weighted by Gasteiger charge is 2.30. The van der Waals surface area contributed by atoms with E-state index in [9.17, 15) is 43.2 Å². The van der Waals surface area contributed by atoms with Crippen LogP contribution >= 0.6 is 15.6 Å². The monoisotopic (exact) mass is 1370 g/mol. The molecule has 0 heterocycles. The van der Waals surface area contributed by atoms with E-state index in [1.165, 1.54) is 161 Å². The minimum absolute atomic E-state index is 0.105. The van der Waals surface area contributed by atoms with Crippen LogP contribution in [0.2, 0.25) is 0 Å². The van der Waals surface area contributed by atoms with E-state index >= 15 is 0 Å². The van der Waals surface area contributed by atoms with E-state index in [4.69, 9.17) is 37.0 Å². The lowest BCUT2D eigenvalue weighted by Gasteiger charge is -2.21. The highest BCUT2D eigenvalue weighted by atomic mass is 31.2. The molecule has 0 aromatic rings. The largest absolute Gasteiger partial charge is 0.472 e. The molecule has 0 bridgehead atoms. The van der Waals surface area contributed by atoms with Crippen molar-refractivity contribution in [1.82, 2.24) is 0 Å². The van der Waals surface area contributed by atoms with Crippen molar-refractivity contribution in [3.05, 3.63) is 0 Å². The second kappa shape index (κ2) is 63.5. The molecule has 0 amide bonds. The Bertz CT molecular complexity index is 1840. The van der Waals surface area contributed by atoms with Gasteiger partial charge >= 0.3 is 39.5 Å². The third-order valence-corrected chi connectivity index (χ3v) is 19.3. The Balaban J connectivity index is 5.20. The number of aliphatic hydroxyl groups is 1. The Morgan fingerprint density at radius 3 is 0.763 bits per heavy atom. The number of hydrogen-bond donors (Lipinski definition) is 3. The first kappa shape index (κ1) is 91.1. The fourth-order valence-electron chi connectivity index (χ4n) is 11.2. The Hall–Kier alpha value is -1.94. The van der Waals surface area contributed by atoms with E-state index in [0.29, 0.717) is 31.6 Å². The standard InChI is InChI=1S/C74H144O17P2/c1-9-67(8)53-45-37-31-33-39-47-55-72(77)85-61-70(91-73(78)56-48-40-28-24-20-15-13-11-10-12-14-18-22-26-34-42-50-64(2)3)63-89-93(82,83)87-59-68(75)58-86-92(80,81)88-62-69(60-84-71(76)54-46-38-32-30-36-44-52-66(6)7)90-74(79)57-49-41-29-25-21-17-16-19-23-27-35-43-51-65(4)5/h64-70,75H,9-63H2,1-8H3,(H,80,81)(H,82,83)/t67?,68-,69-,70-/m1/s1. The number of phosphoric ester groups is 2. The van der Waals surface area contributed by atoms with Gasteiger partial charge in [-0.15, -0.1) is 0 Å². The normalized spacial score (nSPS) is 14.5. The van der Waals surface area contributed by atoms with E-state index in [0.717, 1.165) is 120 Å². The molecule has 0 aliphatic rings. The Morgan fingerprint density at radius 2 is 0.516 bits per heavy atom. The Morgan fingerprint density at radius 1 is 0.301 bits per heavy atom. The molecule has 17 nitrogen and oxygen atoms in total. The number of hydrogen-bond acceptors (Lipinski definition) is 15. The van der Waals surface area contributed by atoms with Crippen molar-refractivity contribution in [1.29, 1.82) is 0 Å². The second-order valence-corrected chi connectivity index (χ2v) is 31.3. The van der Waals surface area contributed by atoms with Gasteiger partial charge in [0, 0.05) is 25.7 Å². The number of phosphoric acid groups is 2. The Labute approximate surface area is 568 Å². The van der Waals surface area contributed by atoms with Gasteiger partial charge in [-0.3, -0.25) is 37.3 Å². The zero-order valence-corrected chi connectivity index (χ0v) is 62.7. The third-order valence-electron chi connectivity index (χ3n) is 17.4. The molecule has 0 aliphatic heterocycles. The molecule has 0 fully saturated rings. The van der Waals surface area contributed by atoms with Crippen LogP contribution in [-0.2, 0) is 65.4 Å². The predicted molar refractivity (Wildman–Crippen MR) is 377 cm³/mol. The quantitative estimate of drug-likeness (QED) is 0.0222. The first-order chi connectivity index (χ1) is 44.6. The van der Waals surface area contributed by atoms with Crippen molar-refractivity contribution >= 4 is 39.5 Å². The van der Waals surface area contributed by atoms with Gasteiger partial charge < -0.3 is 33.8 Å². The van der Waals surface area contributed by atoms with Gasteiger partial charge in [-0.1, -0.05) is 319 Å². The Kier molecular flexibility index (Phi) is 62.2. The maximum absolute atomic E-state index is 13.0. The summed E-state index contributed by atoms with van der Waals surface area (Å²) in [5.41, 5.74) is 0. The molecular formula is C74H144O17P2. The van der Waals surface area contributed by atoms with E-state index in [2.05, 4.69) is 55.4 Å². The molecule has 0 radical (unpaired) electrons. The van der Waals surface area contributed by atoms with Crippen molar-refractivity contribution in [2.24, 2.45) is 23.7 Å². The van der Waals surface area contributed by atoms with Crippen LogP contribution in [-0.4, -0.2) is 96.7 Å². The molecule has 19 heteroatoms. The van der Waals surface area contributed by atoms with Gasteiger partial charge in [-0.25, -0.2) is 9.13 Å². The van der Waals surface area contributed by atoms with Gasteiger partial charge in [0.1, 0.15) is 19.3 Å². The molecule has 3 unspecified atom stereocenters. The average Bonchev–Trinajstić information content (AvgIpc) is 1.67. The van der Waals surface area contributed by atoms with Crippen LogP contribution in [0.5, 0.6) is 0 Å². The number of carbonyl (C=O) groups excluding carboxylic acids is 4. The van der Waals surface area contributed by atoms with Crippen LogP contribution in [0.25, 0.3) is 0 Å². The summed E-state index contributed by atoms with van der Waals surface area (Å²) in [6.07, 6.45) is 47.4. The zero-order valence-electron chi connectivity index (χ0n) is 60.9. The van der Waals surface area contributed by atoms with Crippen LogP contribution in [0.4, 0.5) is 0 Å². The predicted octanol–water partition coefficient (Wildman–Crippen LogP) is 21.3. The van der Waals surface area contributed by atoms with Gasteiger partial charge in [0.15, 0.2) is 12.2 Å². The molecule has 0 saturated heterocycles. The highest BCUT2D eigenvalue weighted by molar-refractivity contribution is 7.47. The topological polar surface area (TPSA) is 237 Å². The van der Waals surface area contributed by atoms with Crippen LogP contribution < -0.4 is 0 Å². The number of aliphatic hydroxyl groups excluding tert-OH is 1.